The summed E-state index contributed by atoms with van der Waals surface area (Å²) in [6, 6.07) is 6.05. The van der Waals surface area contributed by atoms with Gasteiger partial charge in [0, 0.05) is 25.0 Å². The Morgan fingerprint density at radius 2 is 1.40 bits per heavy atom. The van der Waals surface area contributed by atoms with Crippen LogP contribution in [-0.4, -0.2) is 28.4 Å². The van der Waals surface area contributed by atoms with Crippen molar-refractivity contribution < 1.29 is 45.0 Å². The number of benzene rings is 2. The molecule has 1 aliphatic heterocycles. The van der Waals surface area contributed by atoms with Gasteiger partial charge in [-0.15, -0.1) is 0 Å². The van der Waals surface area contributed by atoms with Crippen molar-refractivity contribution >= 4 is 5.97 Å². The minimum atomic E-state index is -4.67. The fourth-order valence-corrected chi connectivity index (χ4v) is 5.42. The number of carboxylic acid groups (broad SMARTS) is 1. The topological polar surface area (TPSA) is 40.5 Å². The Labute approximate surface area is 228 Å². The molecule has 4 unspecified atom stereocenters. The predicted molar refractivity (Wildman–Crippen MR) is 134 cm³/mol. The Hall–Kier alpha value is -2.69. The molecule has 3 rings (SSSR count). The van der Waals surface area contributed by atoms with Crippen LogP contribution in [0.2, 0.25) is 0 Å². The number of rotatable bonds is 7. The summed E-state index contributed by atoms with van der Waals surface area (Å²) in [6.07, 6.45) is -9.08. The van der Waals surface area contributed by atoms with E-state index >= 15 is 8.78 Å². The van der Waals surface area contributed by atoms with Crippen LogP contribution in [-0.2, 0) is 17.1 Å². The number of carboxylic acids is 1. The van der Waals surface area contributed by atoms with Crippen LogP contribution in [0.25, 0.3) is 0 Å². The molecule has 1 N–H and O–H groups in total. The molecule has 11 heteroatoms. The maximum Gasteiger partial charge on any atom is 0.416 e. The first-order valence-corrected chi connectivity index (χ1v) is 12.9. The number of halogens is 8. The van der Waals surface area contributed by atoms with Crippen LogP contribution in [0.4, 0.5) is 35.1 Å². The Bertz CT molecular complexity index is 1150. The fourth-order valence-electron chi connectivity index (χ4n) is 5.42. The molecule has 1 fully saturated rings. The van der Waals surface area contributed by atoms with E-state index in [1.807, 2.05) is 20.8 Å². The highest BCUT2D eigenvalue weighted by Gasteiger charge is 2.55. The lowest BCUT2D eigenvalue weighted by molar-refractivity contribution is -0.177. The van der Waals surface area contributed by atoms with Gasteiger partial charge < -0.3 is 5.11 Å². The van der Waals surface area contributed by atoms with E-state index in [0.717, 1.165) is 43.3 Å². The number of piperidine rings is 1. The van der Waals surface area contributed by atoms with Crippen LogP contribution >= 0.6 is 0 Å². The van der Waals surface area contributed by atoms with Crippen molar-refractivity contribution in [3.8, 4) is 0 Å². The van der Waals surface area contributed by atoms with Crippen molar-refractivity contribution in [3.05, 3.63) is 70.8 Å². The summed E-state index contributed by atoms with van der Waals surface area (Å²) in [5.74, 6) is -8.32. The minimum absolute atomic E-state index is 0.0816. The molecule has 222 valence electrons. The van der Waals surface area contributed by atoms with E-state index in [2.05, 4.69) is 0 Å². The average molecular weight is 580 g/mol. The first-order valence-electron chi connectivity index (χ1n) is 12.9. The van der Waals surface area contributed by atoms with Gasteiger partial charge in [-0.3, -0.25) is 9.69 Å². The van der Waals surface area contributed by atoms with Crippen LogP contribution in [0.5, 0.6) is 0 Å². The molecule has 0 aromatic heterocycles. The highest BCUT2D eigenvalue weighted by molar-refractivity contribution is 5.70. The summed E-state index contributed by atoms with van der Waals surface area (Å²) >= 11 is 0. The van der Waals surface area contributed by atoms with Gasteiger partial charge in [0.2, 0.25) is 0 Å². The maximum atomic E-state index is 15.5. The van der Waals surface area contributed by atoms with Gasteiger partial charge >= 0.3 is 18.3 Å². The summed E-state index contributed by atoms with van der Waals surface area (Å²) in [5, 5.41) is 9.73. The third kappa shape index (κ3) is 7.33. The predicted octanol–water partition coefficient (Wildman–Crippen LogP) is 9.01. The standard InChI is InChI=1S/C29H33F8NO2/c1-17(25(39)40)23-24(19-7-11-21(12-8-19)29(35,36)37)38(16-15-27(23,30)31)22(13-14-26(2,3)4)18-5-9-20(10-6-18)28(32,33)34/h5-12,17,22-24H,13-16H2,1-4H3,(H,39,40). The fraction of sp³-hybridized carbons (Fsp3) is 0.552. The molecule has 0 amide bonds. The molecule has 2 aromatic carbocycles. The van der Waals surface area contributed by atoms with Crippen molar-refractivity contribution in [1.29, 1.82) is 0 Å². The second-order valence-corrected chi connectivity index (χ2v) is 11.7. The number of aliphatic carboxylic acids is 1. The Morgan fingerprint density at radius 1 is 0.925 bits per heavy atom. The van der Waals surface area contributed by atoms with Gasteiger partial charge in [0.05, 0.1) is 23.0 Å². The lowest BCUT2D eigenvalue weighted by atomic mass is 9.73. The average Bonchev–Trinajstić information content (AvgIpc) is 2.82. The Morgan fingerprint density at radius 3 is 1.82 bits per heavy atom. The second kappa shape index (κ2) is 11.3. The molecule has 0 saturated carbocycles. The third-order valence-corrected chi connectivity index (χ3v) is 7.59. The normalized spacial score (nSPS) is 22.1. The van der Waals surface area contributed by atoms with E-state index in [9.17, 15) is 36.2 Å². The zero-order valence-corrected chi connectivity index (χ0v) is 22.6. The SMILES string of the molecule is CC(C(=O)O)C1C(c2ccc(C(F)(F)F)cc2)N(C(CCC(C)(C)C)c2ccc(C(F)(F)F)cc2)CCC1(F)F. The van der Waals surface area contributed by atoms with Gasteiger partial charge in [-0.1, -0.05) is 52.0 Å². The Kier molecular flexibility index (Phi) is 8.99. The molecule has 1 saturated heterocycles. The van der Waals surface area contributed by atoms with Crippen LogP contribution in [0.1, 0.15) is 81.3 Å². The molecule has 1 heterocycles. The zero-order chi connectivity index (χ0) is 30.3. The number of likely N-dealkylation sites (tertiary alicyclic amines) is 1. The molecule has 0 spiro atoms. The number of alkyl halides is 8. The van der Waals surface area contributed by atoms with Crippen molar-refractivity contribution in [1.82, 2.24) is 4.90 Å². The smallest absolute Gasteiger partial charge is 0.416 e. The van der Waals surface area contributed by atoms with Crippen molar-refractivity contribution in [2.45, 2.75) is 77.3 Å². The summed E-state index contributed by atoms with van der Waals surface area (Å²) in [6.45, 7) is 6.75. The van der Waals surface area contributed by atoms with Crippen molar-refractivity contribution in [2.24, 2.45) is 17.3 Å². The lowest BCUT2D eigenvalue weighted by Crippen LogP contribution is -2.53. The van der Waals surface area contributed by atoms with E-state index in [1.165, 1.54) is 12.1 Å². The monoisotopic (exact) mass is 579 g/mol. The highest BCUT2D eigenvalue weighted by atomic mass is 19.4. The molecule has 4 atom stereocenters. The summed E-state index contributed by atoms with van der Waals surface area (Å²) in [5.41, 5.74) is -1.60. The molecule has 1 aliphatic rings. The summed E-state index contributed by atoms with van der Waals surface area (Å²) in [7, 11) is 0. The molecule has 0 radical (unpaired) electrons. The number of carbonyl (C=O) groups is 1. The highest BCUT2D eigenvalue weighted by Crippen LogP contribution is 2.52. The molecular weight excluding hydrogens is 546 g/mol. The quantitative estimate of drug-likeness (QED) is 0.333. The van der Waals surface area contributed by atoms with Crippen LogP contribution in [0.3, 0.4) is 0 Å². The van der Waals surface area contributed by atoms with Gasteiger partial charge in [-0.25, -0.2) is 8.78 Å². The lowest BCUT2D eigenvalue weighted by Gasteiger charge is -2.50. The molecule has 2 aromatic rings. The maximum absolute atomic E-state index is 15.5. The van der Waals surface area contributed by atoms with E-state index < -0.39 is 65.7 Å². The van der Waals surface area contributed by atoms with Gasteiger partial charge in [-0.2, -0.15) is 26.3 Å². The Balaban J connectivity index is 2.19. The number of nitrogens with zero attached hydrogens (tertiary/aromatic N) is 1. The zero-order valence-electron chi connectivity index (χ0n) is 22.6. The van der Waals surface area contributed by atoms with E-state index in [4.69, 9.17) is 0 Å². The van der Waals surface area contributed by atoms with E-state index in [0.29, 0.717) is 18.4 Å². The molecule has 0 aliphatic carbocycles. The van der Waals surface area contributed by atoms with E-state index in [1.54, 1.807) is 4.90 Å². The van der Waals surface area contributed by atoms with Gasteiger partial charge in [0.15, 0.2) is 0 Å². The van der Waals surface area contributed by atoms with Gasteiger partial charge in [-0.05, 0) is 53.6 Å². The summed E-state index contributed by atoms with van der Waals surface area (Å²) < 4.78 is 111. The van der Waals surface area contributed by atoms with Crippen molar-refractivity contribution in [2.75, 3.05) is 6.54 Å². The largest absolute Gasteiger partial charge is 0.481 e. The minimum Gasteiger partial charge on any atom is -0.481 e. The molecule has 3 nitrogen and oxygen atoms in total. The van der Waals surface area contributed by atoms with Crippen LogP contribution in [0.15, 0.2) is 48.5 Å². The number of hydrogen-bond acceptors (Lipinski definition) is 2. The first kappa shape index (κ1) is 31.8. The van der Waals surface area contributed by atoms with Crippen molar-refractivity contribution in [3.63, 3.8) is 0 Å². The van der Waals surface area contributed by atoms with Crippen LogP contribution < -0.4 is 0 Å². The first-order chi connectivity index (χ1) is 18.2. The number of hydrogen-bond donors (Lipinski definition) is 1. The van der Waals surface area contributed by atoms with Gasteiger partial charge in [0.25, 0.3) is 5.92 Å². The van der Waals surface area contributed by atoms with Crippen LogP contribution in [0, 0.1) is 17.3 Å². The molecule has 40 heavy (non-hydrogen) atoms. The second-order valence-electron chi connectivity index (χ2n) is 11.7. The molecule has 0 bridgehead atoms. The van der Waals surface area contributed by atoms with Gasteiger partial charge in [0.1, 0.15) is 0 Å². The van der Waals surface area contributed by atoms with E-state index in [-0.39, 0.29) is 17.5 Å². The molecular formula is C29H33F8NO2. The third-order valence-electron chi connectivity index (χ3n) is 7.59. The summed E-state index contributed by atoms with van der Waals surface area (Å²) in [4.78, 5) is 13.6.